The van der Waals surface area contributed by atoms with E-state index in [0.29, 0.717) is 15.4 Å². The van der Waals surface area contributed by atoms with Crippen LogP contribution >= 0.6 is 27.5 Å². The smallest absolute Gasteiger partial charge is 0.251 e. The van der Waals surface area contributed by atoms with Gasteiger partial charge in [-0.3, -0.25) is 4.79 Å². The van der Waals surface area contributed by atoms with Gasteiger partial charge in [0, 0.05) is 21.5 Å². The third-order valence-corrected chi connectivity index (χ3v) is 3.11. The zero-order valence-corrected chi connectivity index (χ0v) is 12.6. The summed E-state index contributed by atoms with van der Waals surface area (Å²) in [7, 11) is 0. The van der Waals surface area contributed by atoms with Crippen LogP contribution < -0.4 is 5.32 Å². The molecule has 1 N–H and O–H groups in total. The average molecular weight is 319 g/mol. The van der Waals surface area contributed by atoms with E-state index in [2.05, 4.69) is 28.2 Å². The first kappa shape index (κ1) is 14.5. The zero-order chi connectivity index (χ0) is 13.0. The SMILES string of the molecule is Cc1ccc(Cl)cc1C(=O)NC(C)CC(C)Br. The molecule has 1 rings (SSSR count). The molecule has 4 heteroatoms. The zero-order valence-electron chi connectivity index (χ0n) is 10.3. The van der Waals surface area contributed by atoms with Crippen molar-refractivity contribution in [3.63, 3.8) is 0 Å². The summed E-state index contributed by atoms with van der Waals surface area (Å²) in [5.74, 6) is -0.0642. The van der Waals surface area contributed by atoms with Crippen LogP contribution in [0.2, 0.25) is 5.02 Å². The molecule has 0 aromatic heterocycles. The predicted octanol–water partition coefficient (Wildman–Crippen LogP) is 3.94. The van der Waals surface area contributed by atoms with Gasteiger partial charge in [-0.1, -0.05) is 40.5 Å². The van der Waals surface area contributed by atoms with Gasteiger partial charge in [0.25, 0.3) is 5.91 Å². The van der Waals surface area contributed by atoms with Crippen molar-refractivity contribution in [3.8, 4) is 0 Å². The molecule has 1 aromatic carbocycles. The molecule has 0 saturated carbocycles. The fraction of sp³-hybridized carbons (Fsp3) is 0.462. The lowest BCUT2D eigenvalue weighted by atomic mass is 10.1. The van der Waals surface area contributed by atoms with E-state index in [-0.39, 0.29) is 11.9 Å². The fourth-order valence-electron chi connectivity index (χ4n) is 1.69. The summed E-state index contributed by atoms with van der Waals surface area (Å²) in [6.45, 7) is 5.96. The van der Waals surface area contributed by atoms with E-state index in [1.165, 1.54) is 0 Å². The number of alkyl halides is 1. The van der Waals surface area contributed by atoms with Crippen molar-refractivity contribution in [2.24, 2.45) is 0 Å². The van der Waals surface area contributed by atoms with E-state index in [1.54, 1.807) is 12.1 Å². The van der Waals surface area contributed by atoms with Crippen LogP contribution in [-0.4, -0.2) is 16.8 Å². The number of carbonyl (C=O) groups excluding carboxylic acids is 1. The minimum atomic E-state index is -0.0642. The van der Waals surface area contributed by atoms with Crippen molar-refractivity contribution in [1.82, 2.24) is 5.32 Å². The molecular formula is C13H17BrClNO. The number of amides is 1. The first-order valence-electron chi connectivity index (χ1n) is 5.61. The summed E-state index contributed by atoms with van der Waals surface area (Å²) in [5, 5.41) is 3.55. The third-order valence-electron chi connectivity index (χ3n) is 2.50. The normalized spacial score (nSPS) is 14.2. The molecule has 0 spiro atoms. The van der Waals surface area contributed by atoms with Crippen molar-refractivity contribution in [3.05, 3.63) is 34.3 Å². The highest BCUT2D eigenvalue weighted by atomic mass is 79.9. The molecule has 2 unspecified atom stereocenters. The van der Waals surface area contributed by atoms with Gasteiger partial charge in [0.15, 0.2) is 0 Å². The van der Waals surface area contributed by atoms with Gasteiger partial charge in [-0.05, 0) is 38.0 Å². The monoisotopic (exact) mass is 317 g/mol. The van der Waals surface area contributed by atoms with Gasteiger partial charge >= 0.3 is 0 Å². The molecule has 2 atom stereocenters. The molecule has 0 aliphatic rings. The topological polar surface area (TPSA) is 29.1 Å². The molecule has 0 fully saturated rings. The maximum atomic E-state index is 12.0. The van der Waals surface area contributed by atoms with Gasteiger partial charge in [-0.2, -0.15) is 0 Å². The number of benzene rings is 1. The minimum absolute atomic E-state index is 0.0642. The van der Waals surface area contributed by atoms with Gasteiger partial charge in [0.2, 0.25) is 0 Å². The lowest BCUT2D eigenvalue weighted by Crippen LogP contribution is -2.34. The molecule has 17 heavy (non-hydrogen) atoms. The highest BCUT2D eigenvalue weighted by Gasteiger charge is 2.13. The minimum Gasteiger partial charge on any atom is -0.350 e. The Morgan fingerprint density at radius 3 is 2.71 bits per heavy atom. The van der Waals surface area contributed by atoms with Crippen LogP contribution in [0.3, 0.4) is 0 Å². The van der Waals surface area contributed by atoms with E-state index in [0.717, 1.165) is 12.0 Å². The quantitative estimate of drug-likeness (QED) is 0.837. The molecule has 94 valence electrons. The van der Waals surface area contributed by atoms with E-state index in [4.69, 9.17) is 11.6 Å². The maximum Gasteiger partial charge on any atom is 0.251 e. The molecule has 0 aliphatic heterocycles. The largest absolute Gasteiger partial charge is 0.350 e. The predicted molar refractivity (Wildman–Crippen MR) is 76.1 cm³/mol. The summed E-state index contributed by atoms with van der Waals surface area (Å²) in [5.41, 5.74) is 1.58. The van der Waals surface area contributed by atoms with Crippen molar-refractivity contribution >= 4 is 33.4 Å². The second kappa shape index (κ2) is 6.41. The number of hydrogen-bond donors (Lipinski definition) is 1. The highest BCUT2D eigenvalue weighted by molar-refractivity contribution is 9.09. The lowest BCUT2D eigenvalue weighted by Gasteiger charge is -2.16. The van der Waals surface area contributed by atoms with Gasteiger partial charge in [0.05, 0.1) is 0 Å². The van der Waals surface area contributed by atoms with Gasteiger partial charge in [0.1, 0.15) is 0 Å². The molecule has 1 amide bonds. The summed E-state index contributed by atoms with van der Waals surface area (Å²) >= 11 is 9.37. The van der Waals surface area contributed by atoms with E-state index in [1.807, 2.05) is 19.9 Å². The van der Waals surface area contributed by atoms with Crippen molar-refractivity contribution in [1.29, 1.82) is 0 Å². The Morgan fingerprint density at radius 1 is 1.47 bits per heavy atom. The van der Waals surface area contributed by atoms with Crippen LogP contribution in [0.1, 0.15) is 36.2 Å². The van der Waals surface area contributed by atoms with Crippen LogP contribution in [0, 0.1) is 6.92 Å². The van der Waals surface area contributed by atoms with Crippen LogP contribution in [0.5, 0.6) is 0 Å². The standard InChI is InChI=1S/C13H17BrClNO/c1-8-4-5-11(15)7-12(8)13(17)16-10(3)6-9(2)14/h4-5,7,9-10H,6H2,1-3H3,(H,16,17). The summed E-state index contributed by atoms with van der Waals surface area (Å²) in [4.78, 5) is 12.4. The van der Waals surface area contributed by atoms with E-state index < -0.39 is 0 Å². The summed E-state index contributed by atoms with van der Waals surface area (Å²) in [6.07, 6.45) is 0.894. The Hall–Kier alpha value is -0.540. The van der Waals surface area contributed by atoms with Crippen LogP contribution in [0.15, 0.2) is 18.2 Å². The summed E-state index contributed by atoms with van der Waals surface area (Å²) in [6, 6.07) is 5.48. The van der Waals surface area contributed by atoms with Crippen LogP contribution in [0.4, 0.5) is 0 Å². The van der Waals surface area contributed by atoms with Crippen molar-refractivity contribution < 1.29 is 4.79 Å². The number of carbonyl (C=O) groups is 1. The molecule has 1 aromatic rings. The molecular weight excluding hydrogens is 302 g/mol. The van der Waals surface area contributed by atoms with E-state index >= 15 is 0 Å². The van der Waals surface area contributed by atoms with Crippen LogP contribution in [-0.2, 0) is 0 Å². The van der Waals surface area contributed by atoms with Crippen molar-refractivity contribution in [2.45, 2.75) is 38.1 Å². The molecule has 0 saturated heterocycles. The Balaban J connectivity index is 2.73. The molecule has 0 bridgehead atoms. The molecule has 2 nitrogen and oxygen atoms in total. The number of halogens is 2. The molecule has 0 radical (unpaired) electrons. The molecule has 0 heterocycles. The number of hydrogen-bond acceptors (Lipinski definition) is 1. The summed E-state index contributed by atoms with van der Waals surface area (Å²) < 4.78 is 0. The Morgan fingerprint density at radius 2 is 2.12 bits per heavy atom. The van der Waals surface area contributed by atoms with E-state index in [9.17, 15) is 4.79 Å². The molecule has 0 aliphatic carbocycles. The van der Waals surface area contributed by atoms with Crippen LogP contribution in [0.25, 0.3) is 0 Å². The second-order valence-electron chi connectivity index (χ2n) is 4.35. The second-order valence-corrected chi connectivity index (χ2v) is 6.35. The third kappa shape index (κ3) is 4.68. The van der Waals surface area contributed by atoms with Crippen molar-refractivity contribution in [2.75, 3.05) is 0 Å². The highest BCUT2D eigenvalue weighted by Crippen LogP contribution is 2.16. The Kier molecular flexibility index (Phi) is 5.47. The fourth-order valence-corrected chi connectivity index (χ4v) is 2.42. The number of rotatable bonds is 4. The number of aryl methyl sites for hydroxylation is 1. The lowest BCUT2D eigenvalue weighted by molar-refractivity contribution is 0.0938. The van der Waals surface area contributed by atoms with Gasteiger partial charge < -0.3 is 5.32 Å². The Labute approximate surface area is 116 Å². The maximum absolute atomic E-state index is 12.0. The Bertz CT molecular complexity index is 406. The number of nitrogens with one attached hydrogen (secondary N) is 1. The van der Waals surface area contributed by atoms with Gasteiger partial charge in [-0.25, -0.2) is 0 Å². The van der Waals surface area contributed by atoms with Gasteiger partial charge in [-0.15, -0.1) is 0 Å². The first-order valence-corrected chi connectivity index (χ1v) is 6.90. The first-order chi connectivity index (χ1) is 7.90. The average Bonchev–Trinajstić information content (AvgIpc) is 2.20.